The fourth-order valence-corrected chi connectivity index (χ4v) is 3.00. The number of hydrogen-bond donors (Lipinski definition) is 0. The Morgan fingerprint density at radius 2 is 2.00 bits per heavy atom. The molecule has 88 valence electrons. The molecule has 0 aliphatic rings. The fourth-order valence-electron chi connectivity index (χ4n) is 1.66. The minimum Gasteiger partial charge on any atom is -0.288 e. The van der Waals surface area contributed by atoms with E-state index in [9.17, 15) is 9.18 Å². The monoisotopic (exact) mass is 312 g/mol. The van der Waals surface area contributed by atoms with Gasteiger partial charge in [-0.1, -0.05) is 15.9 Å². The highest BCUT2D eigenvalue weighted by Crippen LogP contribution is 2.26. The van der Waals surface area contributed by atoms with Crippen LogP contribution in [-0.2, 0) is 0 Å². The van der Waals surface area contributed by atoms with E-state index in [1.54, 1.807) is 6.07 Å². The van der Waals surface area contributed by atoms with Crippen molar-refractivity contribution in [3.05, 3.63) is 55.4 Å². The molecule has 1 aromatic heterocycles. The van der Waals surface area contributed by atoms with Crippen molar-refractivity contribution in [2.75, 3.05) is 0 Å². The molecule has 0 aliphatic carbocycles. The quantitative estimate of drug-likeness (QED) is 0.746. The fraction of sp³-hybridized carbons (Fsp3) is 0.154. The van der Waals surface area contributed by atoms with Crippen molar-refractivity contribution in [1.82, 2.24) is 0 Å². The zero-order valence-corrected chi connectivity index (χ0v) is 11.8. The summed E-state index contributed by atoms with van der Waals surface area (Å²) in [5, 5.41) is 0. The largest absolute Gasteiger partial charge is 0.288 e. The maximum absolute atomic E-state index is 13.6. The maximum atomic E-state index is 13.6. The lowest BCUT2D eigenvalue weighted by Crippen LogP contribution is -2.03. The van der Waals surface area contributed by atoms with Crippen LogP contribution in [0.3, 0.4) is 0 Å². The number of carbonyl (C=O) groups excluding carboxylic acids is 1. The Balaban J connectivity index is 2.50. The summed E-state index contributed by atoms with van der Waals surface area (Å²) in [4.78, 5) is 13.9. The van der Waals surface area contributed by atoms with Gasteiger partial charge >= 0.3 is 0 Å². The average Bonchev–Trinajstić information content (AvgIpc) is 2.60. The molecule has 0 radical (unpaired) electrons. The molecule has 0 N–H and O–H groups in total. The van der Waals surface area contributed by atoms with Gasteiger partial charge in [-0.3, -0.25) is 4.79 Å². The van der Waals surface area contributed by atoms with E-state index in [0.717, 1.165) is 10.4 Å². The maximum Gasteiger partial charge on any atom is 0.206 e. The van der Waals surface area contributed by atoms with Crippen LogP contribution in [0.4, 0.5) is 4.39 Å². The van der Waals surface area contributed by atoms with E-state index >= 15 is 0 Å². The molecule has 4 heteroatoms. The van der Waals surface area contributed by atoms with Crippen molar-refractivity contribution in [2.24, 2.45) is 0 Å². The van der Waals surface area contributed by atoms with Gasteiger partial charge in [0.25, 0.3) is 0 Å². The van der Waals surface area contributed by atoms with Crippen LogP contribution in [0.1, 0.15) is 25.7 Å². The van der Waals surface area contributed by atoms with Crippen molar-refractivity contribution in [1.29, 1.82) is 0 Å². The van der Waals surface area contributed by atoms with Gasteiger partial charge in [0.05, 0.1) is 10.4 Å². The molecule has 0 unspecified atom stereocenters. The Morgan fingerprint density at radius 1 is 1.29 bits per heavy atom. The third-order valence-electron chi connectivity index (χ3n) is 2.42. The number of thiophene rings is 1. The van der Waals surface area contributed by atoms with Crippen molar-refractivity contribution < 1.29 is 9.18 Å². The normalized spacial score (nSPS) is 10.6. The Kier molecular flexibility index (Phi) is 3.45. The molecule has 0 atom stereocenters. The lowest BCUT2D eigenvalue weighted by Gasteiger charge is -2.02. The standard InChI is InChI=1S/C13H10BrFOS/c1-7-5-8(2)17-13(7)12(16)10-6-9(14)3-4-11(10)15/h3-6H,1-2H3. The predicted molar refractivity (Wildman–Crippen MR) is 71.3 cm³/mol. The molecule has 1 heterocycles. The van der Waals surface area contributed by atoms with Gasteiger partial charge in [0.1, 0.15) is 5.82 Å². The van der Waals surface area contributed by atoms with Gasteiger partial charge in [-0.15, -0.1) is 11.3 Å². The molecule has 0 saturated carbocycles. The molecule has 0 spiro atoms. The molecule has 2 rings (SSSR count). The molecule has 0 fully saturated rings. The predicted octanol–water partition coefficient (Wildman–Crippen LogP) is 4.50. The minimum absolute atomic E-state index is 0.115. The van der Waals surface area contributed by atoms with Gasteiger partial charge in [-0.2, -0.15) is 0 Å². The van der Waals surface area contributed by atoms with E-state index in [2.05, 4.69) is 15.9 Å². The summed E-state index contributed by atoms with van der Waals surface area (Å²) in [5.41, 5.74) is 1.02. The van der Waals surface area contributed by atoms with Crippen molar-refractivity contribution in [2.45, 2.75) is 13.8 Å². The van der Waals surface area contributed by atoms with Gasteiger partial charge in [-0.25, -0.2) is 4.39 Å². The molecule has 0 aliphatic heterocycles. The Morgan fingerprint density at radius 3 is 2.59 bits per heavy atom. The van der Waals surface area contributed by atoms with Gasteiger partial charge < -0.3 is 0 Å². The highest BCUT2D eigenvalue weighted by Gasteiger charge is 2.18. The summed E-state index contributed by atoms with van der Waals surface area (Å²) in [5.74, 6) is -0.733. The Bertz CT molecular complexity index is 589. The van der Waals surface area contributed by atoms with E-state index in [0.29, 0.717) is 9.35 Å². The number of benzene rings is 1. The smallest absolute Gasteiger partial charge is 0.206 e. The first-order chi connectivity index (χ1) is 7.99. The van der Waals surface area contributed by atoms with E-state index in [4.69, 9.17) is 0 Å². The minimum atomic E-state index is -0.483. The zero-order chi connectivity index (χ0) is 12.6. The van der Waals surface area contributed by atoms with Gasteiger partial charge in [0.2, 0.25) is 5.78 Å². The number of ketones is 1. The zero-order valence-electron chi connectivity index (χ0n) is 9.38. The Hall–Kier alpha value is -1.00. The van der Waals surface area contributed by atoms with Crippen LogP contribution in [0, 0.1) is 19.7 Å². The van der Waals surface area contributed by atoms with E-state index < -0.39 is 5.82 Å². The second-order valence-corrected chi connectivity index (χ2v) is 5.99. The summed E-state index contributed by atoms with van der Waals surface area (Å²) in [7, 11) is 0. The lowest BCUT2D eigenvalue weighted by molar-refractivity contribution is 0.103. The summed E-state index contributed by atoms with van der Waals surface area (Å²) in [6, 6.07) is 6.34. The van der Waals surface area contributed by atoms with E-state index in [1.165, 1.54) is 23.5 Å². The van der Waals surface area contributed by atoms with Crippen LogP contribution in [0.25, 0.3) is 0 Å². The molecule has 0 saturated heterocycles. The van der Waals surface area contributed by atoms with Crippen LogP contribution >= 0.6 is 27.3 Å². The van der Waals surface area contributed by atoms with Gasteiger partial charge in [0, 0.05) is 9.35 Å². The number of rotatable bonds is 2. The molecule has 1 nitrogen and oxygen atoms in total. The average molecular weight is 313 g/mol. The highest BCUT2D eigenvalue weighted by atomic mass is 79.9. The number of carbonyl (C=O) groups is 1. The first-order valence-corrected chi connectivity index (χ1v) is 6.67. The number of aryl methyl sites for hydroxylation is 2. The molecular formula is C13H10BrFOS. The van der Waals surface area contributed by atoms with Crippen LogP contribution < -0.4 is 0 Å². The summed E-state index contributed by atoms with van der Waals surface area (Å²) in [6.45, 7) is 3.80. The van der Waals surface area contributed by atoms with Crippen molar-refractivity contribution in [3.8, 4) is 0 Å². The summed E-state index contributed by atoms with van der Waals surface area (Å²) < 4.78 is 14.3. The molecule has 0 bridgehead atoms. The van der Waals surface area contributed by atoms with E-state index in [-0.39, 0.29) is 11.3 Å². The lowest BCUT2D eigenvalue weighted by atomic mass is 10.1. The van der Waals surface area contributed by atoms with Crippen LogP contribution in [-0.4, -0.2) is 5.78 Å². The third kappa shape index (κ3) is 2.48. The second-order valence-electron chi connectivity index (χ2n) is 3.82. The van der Waals surface area contributed by atoms with Crippen LogP contribution in [0.2, 0.25) is 0 Å². The highest BCUT2D eigenvalue weighted by molar-refractivity contribution is 9.10. The Labute approximate surface area is 111 Å². The topological polar surface area (TPSA) is 17.1 Å². The van der Waals surface area contributed by atoms with Crippen molar-refractivity contribution >= 4 is 33.0 Å². The number of hydrogen-bond acceptors (Lipinski definition) is 2. The van der Waals surface area contributed by atoms with Crippen molar-refractivity contribution in [3.63, 3.8) is 0 Å². The SMILES string of the molecule is Cc1cc(C)c(C(=O)c2cc(Br)ccc2F)s1. The molecule has 1 aromatic carbocycles. The van der Waals surface area contributed by atoms with Gasteiger partial charge in [-0.05, 0) is 43.7 Å². The molecule has 17 heavy (non-hydrogen) atoms. The summed E-state index contributed by atoms with van der Waals surface area (Å²) in [6.07, 6.45) is 0. The third-order valence-corrected chi connectivity index (χ3v) is 4.06. The van der Waals surface area contributed by atoms with Crippen LogP contribution in [0.5, 0.6) is 0 Å². The molecule has 2 aromatic rings. The van der Waals surface area contributed by atoms with Crippen LogP contribution in [0.15, 0.2) is 28.7 Å². The first kappa shape index (κ1) is 12.5. The summed E-state index contributed by atoms with van der Waals surface area (Å²) >= 11 is 4.65. The van der Waals surface area contributed by atoms with Gasteiger partial charge in [0.15, 0.2) is 0 Å². The second kappa shape index (κ2) is 4.70. The first-order valence-electron chi connectivity index (χ1n) is 5.06. The number of halogens is 2. The molecule has 0 amide bonds. The van der Waals surface area contributed by atoms with E-state index in [1.807, 2.05) is 19.9 Å². The molecular weight excluding hydrogens is 303 g/mol.